The number of nitrogens with one attached hydrogen (secondary N) is 2. The lowest BCUT2D eigenvalue weighted by Gasteiger charge is -2.10. The van der Waals surface area contributed by atoms with Crippen LogP contribution < -0.4 is 15.6 Å². The summed E-state index contributed by atoms with van der Waals surface area (Å²) in [5.74, 6) is -0.298. The standard InChI is InChI=1S/C17H13Cl2N3O3S/c1-10(15(23)20-13-8-11(18)7-12(19)9-13)26-16-17(24)25-21-22(16)14-5-3-2-4-6-14/h2-10H,1H3,(H-,20,21,23,24)/p+1. The molecule has 1 aromatic heterocycles. The van der Waals surface area contributed by atoms with Gasteiger partial charge in [-0.1, -0.05) is 41.4 Å². The number of anilines is 1. The topological polar surface area (TPSA) is 79.0 Å². The Morgan fingerprint density at radius 2 is 1.85 bits per heavy atom. The second kappa shape index (κ2) is 7.99. The van der Waals surface area contributed by atoms with Gasteiger partial charge in [-0.25, -0.2) is 4.79 Å². The van der Waals surface area contributed by atoms with E-state index in [1.165, 1.54) is 4.68 Å². The zero-order chi connectivity index (χ0) is 18.7. The Kier molecular flexibility index (Phi) is 5.70. The van der Waals surface area contributed by atoms with Crippen LogP contribution in [-0.4, -0.2) is 16.4 Å². The zero-order valence-corrected chi connectivity index (χ0v) is 15.9. The fourth-order valence-corrected chi connectivity index (χ4v) is 3.62. The number of rotatable bonds is 5. The Morgan fingerprint density at radius 3 is 2.50 bits per heavy atom. The number of hydrogen-bond acceptors (Lipinski definition) is 4. The summed E-state index contributed by atoms with van der Waals surface area (Å²) in [5.41, 5.74) is 0.649. The van der Waals surface area contributed by atoms with E-state index in [-0.39, 0.29) is 10.9 Å². The molecule has 0 aliphatic heterocycles. The van der Waals surface area contributed by atoms with Crippen LogP contribution in [0.1, 0.15) is 6.92 Å². The number of hydrogen-bond donors (Lipinski definition) is 2. The van der Waals surface area contributed by atoms with Crippen LogP contribution in [0.2, 0.25) is 10.0 Å². The second-order valence-corrected chi connectivity index (χ2v) is 7.57. The lowest BCUT2D eigenvalue weighted by molar-refractivity contribution is -0.704. The number of para-hydroxylation sites is 1. The van der Waals surface area contributed by atoms with Gasteiger partial charge in [0.05, 0.1) is 5.25 Å². The highest BCUT2D eigenvalue weighted by Gasteiger charge is 2.28. The molecule has 0 aliphatic rings. The molecule has 1 atom stereocenters. The van der Waals surface area contributed by atoms with Crippen LogP contribution in [-0.2, 0) is 4.79 Å². The number of aromatic amines is 1. The monoisotopic (exact) mass is 410 g/mol. The summed E-state index contributed by atoms with van der Waals surface area (Å²) in [6, 6.07) is 13.9. The predicted octanol–water partition coefficient (Wildman–Crippen LogP) is 3.67. The van der Waals surface area contributed by atoms with E-state index >= 15 is 0 Å². The third kappa shape index (κ3) is 4.30. The summed E-state index contributed by atoms with van der Waals surface area (Å²) in [5, 5.41) is 5.81. The minimum atomic E-state index is -0.568. The Balaban J connectivity index is 1.78. The van der Waals surface area contributed by atoms with E-state index in [4.69, 9.17) is 27.7 Å². The first-order valence-corrected chi connectivity index (χ1v) is 9.20. The molecule has 3 rings (SSSR count). The van der Waals surface area contributed by atoms with Crippen LogP contribution in [0.3, 0.4) is 0 Å². The van der Waals surface area contributed by atoms with E-state index in [2.05, 4.69) is 10.6 Å². The maximum atomic E-state index is 12.5. The molecule has 3 aromatic rings. The summed E-state index contributed by atoms with van der Waals surface area (Å²) in [6.45, 7) is 1.69. The summed E-state index contributed by atoms with van der Waals surface area (Å²) in [7, 11) is 0. The van der Waals surface area contributed by atoms with Gasteiger partial charge < -0.3 is 5.32 Å². The van der Waals surface area contributed by atoms with Crippen LogP contribution in [0.15, 0.2) is 62.9 Å². The van der Waals surface area contributed by atoms with Crippen molar-refractivity contribution in [3.63, 3.8) is 0 Å². The van der Waals surface area contributed by atoms with Gasteiger partial charge in [-0.15, -0.1) is 0 Å². The Labute approximate surface area is 163 Å². The summed E-state index contributed by atoms with van der Waals surface area (Å²) in [6.07, 6.45) is 0. The van der Waals surface area contributed by atoms with Crippen molar-refractivity contribution in [3.8, 4) is 5.69 Å². The Hall–Kier alpha value is -2.22. The minimum absolute atomic E-state index is 0.267. The van der Waals surface area contributed by atoms with Gasteiger partial charge in [0.25, 0.3) is 0 Å². The number of H-pyrrole nitrogens is 1. The molecule has 0 radical (unpaired) electrons. The maximum absolute atomic E-state index is 12.5. The quantitative estimate of drug-likeness (QED) is 0.496. The van der Waals surface area contributed by atoms with E-state index in [1.54, 1.807) is 25.1 Å². The molecule has 9 heteroatoms. The van der Waals surface area contributed by atoms with Crippen molar-refractivity contribution < 1.29 is 14.0 Å². The molecular weight excluding hydrogens is 397 g/mol. The molecule has 0 aliphatic carbocycles. The lowest BCUT2D eigenvalue weighted by Crippen LogP contribution is -2.37. The fraction of sp³-hybridized carbons (Fsp3) is 0.118. The van der Waals surface area contributed by atoms with E-state index in [1.807, 2.05) is 30.3 Å². The average Bonchev–Trinajstić information content (AvgIpc) is 2.95. The number of amides is 1. The molecule has 0 fully saturated rings. The molecule has 0 saturated heterocycles. The molecular formula is C17H14Cl2N3O3S+. The zero-order valence-electron chi connectivity index (χ0n) is 13.5. The number of halogens is 2. The third-order valence-electron chi connectivity index (χ3n) is 3.41. The smallest absolute Gasteiger partial charge is 0.325 e. The van der Waals surface area contributed by atoms with Crippen LogP contribution in [0, 0.1) is 0 Å². The first-order chi connectivity index (χ1) is 12.4. The number of thioether (sulfide) groups is 1. The predicted molar refractivity (Wildman–Crippen MR) is 101 cm³/mol. The van der Waals surface area contributed by atoms with E-state index in [0.29, 0.717) is 15.7 Å². The first kappa shape index (κ1) is 18.6. The summed E-state index contributed by atoms with van der Waals surface area (Å²) >= 11 is 13.0. The van der Waals surface area contributed by atoms with Crippen molar-refractivity contribution in [3.05, 3.63) is 69.0 Å². The van der Waals surface area contributed by atoms with Crippen LogP contribution >= 0.6 is 35.0 Å². The van der Waals surface area contributed by atoms with Crippen molar-refractivity contribution in [2.45, 2.75) is 17.2 Å². The minimum Gasteiger partial charge on any atom is -0.325 e. The molecule has 0 spiro atoms. The van der Waals surface area contributed by atoms with Gasteiger partial charge in [0.1, 0.15) is 0 Å². The fourth-order valence-electron chi connectivity index (χ4n) is 2.20. The highest BCUT2D eigenvalue weighted by Crippen LogP contribution is 2.24. The summed E-state index contributed by atoms with van der Waals surface area (Å²) in [4.78, 5) is 24.5. The van der Waals surface area contributed by atoms with Crippen LogP contribution in [0.5, 0.6) is 0 Å². The number of carbonyl (C=O) groups is 1. The van der Waals surface area contributed by atoms with Gasteiger partial charge in [0.15, 0.2) is 0 Å². The summed E-state index contributed by atoms with van der Waals surface area (Å²) < 4.78 is 6.37. The number of nitrogens with zero attached hydrogens (tertiary/aromatic N) is 1. The Morgan fingerprint density at radius 1 is 1.19 bits per heavy atom. The van der Waals surface area contributed by atoms with E-state index < -0.39 is 10.9 Å². The molecule has 6 nitrogen and oxygen atoms in total. The van der Waals surface area contributed by atoms with Crippen molar-refractivity contribution in [2.75, 3.05) is 5.32 Å². The van der Waals surface area contributed by atoms with Gasteiger partial charge in [-0.05, 0) is 46.8 Å². The maximum Gasteiger partial charge on any atom is 0.442 e. The van der Waals surface area contributed by atoms with Crippen molar-refractivity contribution in [1.29, 1.82) is 0 Å². The number of benzene rings is 2. The second-order valence-electron chi connectivity index (χ2n) is 5.36. The molecule has 134 valence electrons. The molecule has 0 bridgehead atoms. The molecule has 1 amide bonds. The third-order valence-corrected chi connectivity index (χ3v) is 4.99. The number of aromatic nitrogens is 2. The first-order valence-electron chi connectivity index (χ1n) is 7.56. The van der Waals surface area contributed by atoms with Crippen molar-refractivity contribution in [1.82, 2.24) is 5.27 Å². The van der Waals surface area contributed by atoms with Gasteiger partial charge in [-0.2, -0.15) is 0 Å². The lowest BCUT2D eigenvalue weighted by atomic mass is 10.3. The van der Waals surface area contributed by atoms with E-state index in [0.717, 1.165) is 17.4 Å². The molecule has 2 aromatic carbocycles. The molecule has 2 N–H and O–H groups in total. The van der Waals surface area contributed by atoms with Gasteiger partial charge >= 0.3 is 10.7 Å². The van der Waals surface area contributed by atoms with Gasteiger partial charge in [0, 0.05) is 27.9 Å². The molecule has 1 unspecified atom stereocenters. The van der Waals surface area contributed by atoms with E-state index in [9.17, 15) is 9.59 Å². The van der Waals surface area contributed by atoms with Crippen molar-refractivity contribution >= 4 is 46.6 Å². The van der Waals surface area contributed by atoms with Crippen LogP contribution in [0.25, 0.3) is 5.69 Å². The SMILES string of the molecule is CC(Sc1c(=O)o[nH][n+]1-c1ccccc1)C(=O)Nc1cc(Cl)cc(Cl)c1. The highest BCUT2D eigenvalue weighted by atomic mass is 35.5. The molecule has 26 heavy (non-hydrogen) atoms. The molecule has 1 heterocycles. The Bertz CT molecular complexity index is 968. The largest absolute Gasteiger partial charge is 0.442 e. The molecule has 0 saturated carbocycles. The highest BCUT2D eigenvalue weighted by molar-refractivity contribution is 8.00. The van der Waals surface area contributed by atoms with Crippen molar-refractivity contribution in [2.24, 2.45) is 0 Å². The van der Waals surface area contributed by atoms with Gasteiger partial charge in [-0.3, -0.25) is 9.32 Å². The normalized spacial score (nSPS) is 12.0. The van der Waals surface area contributed by atoms with Gasteiger partial charge in [0.2, 0.25) is 11.6 Å². The van der Waals surface area contributed by atoms with Crippen LogP contribution in [0.4, 0.5) is 5.69 Å². The average molecular weight is 411 g/mol. The number of carbonyl (C=O) groups excluding carboxylic acids is 1.